The Kier molecular flexibility index (Phi) is 7.20. The normalized spacial score (nSPS) is 10.5. The van der Waals surface area contributed by atoms with Crippen LogP contribution in [0, 0.1) is 0 Å². The summed E-state index contributed by atoms with van der Waals surface area (Å²) in [6.07, 6.45) is 0.0384. The lowest BCUT2D eigenvalue weighted by Crippen LogP contribution is -2.25. The number of thioether (sulfide) groups is 1. The molecule has 1 amide bonds. The Morgan fingerprint density at radius 1 is 1.24 bits per heavy atom. The summed E-state index contributed by atoms with van der Waals surface area (Å²) in [6, 6.07) is 12.2. The molecule has 0 aliphatic rings. The van der Waals surface area contributed by atoms with Crippen LogP contribution < -0.4 is 10.9 Å². The molecule has 0 bridgehead atoms. The maximum Gasteiger partial charge on any atom is 0.337 e. The van der Waals surface area contributed by atoms with Crippen molar-refractivity contribution in [1.82, 2.24) is 15.3 Å². The number of nitrogens with one attached hydrogen (secondary N) is 2. The number of rotatable bonds is 8. The minimum atomic E-state index is -0.389. The molecule has 0 radical (unpaired) electrons. The average Bonchev–Trinajstić information content (AvgIpc) is 3.24. The number of nitrogens with zero attached hydrogens (tertiary/aromatic N) is 1. The summed E-state index contributed by atoms with van der Waals surface area (Å²) in [5.74, 6) is -0.0237. The number of aromatic nitrogens is 2. The van der Waals surface area contributed by atoms with Gasteiger partial charge in [0, 0.05) is 16.7 Å². The van der Waals surface area contributed by atoms with Crippen LogP contribution in [0.4, 0.5) is 0 Å². The molecule has 0 saturated heterocycles. The zero-order valence-electron chi connectivity index (χ0n) is 15.6. The third-order valence-corrected chi connectivity index (χ3v) is 5.73. The van der Waals surface area contributed by atoms with Gasteiger partial charge < -0.3 is 15.0 Å². The number of thiophene rings is 1. The fourth-order valence-corrected chi connectivity index (χ4v) is 3.97. The summed E-state index contributed by atoms with van der Waals surface area (Å²) in [5, 5.41) is 5.22. The molecule has 0 atom stereocenters. The highest BCUT2D eigenvalue weighted by Gasteiger charge is 2.09. The standard InChI is InChI=1S/C20H19N3O4S2/c1-27-19(26)14-6-4-13(5-7-14)12-29-20-22-15(10-18(25)23-20)9-17(24)21-11-16-3-2-8-28-16/h2-8,10H,9,11-12H2,1H3,(H,21,24)(H,22,23,25). The summed E-state index contributed by atoms with van der Waals surface area (Å²) >= 11 is 2.92. The van der Waals surface area contributed by atoms with E-state index in [1.165, 1.54) is 24.9 Å². The van der Waals surface area contributed by atoms with E-state index in [2.05, 4.69) is 20.0 Å². The second-order valence-electron chi connectivity index (χ2n) is 6.05. The first-order valence-electron chi connectivity index (χ1n) is 8.73. The Bertz CT molecular complexity index is 1030. The molecule has 0 aliphatic heterocycles. The number of methoxy groups -OCH3 is 1. The van der Waals surface area contributed by atoms with E-state index in [4.69, 9.17) is 0 Å². The first-order chi connectivity index (χ1) is 14.0. The lowest BCUT2D eigenvalue weighted by atomic mass is 10.1. The second kappa shape index (κ2) is 10.0. The lowest BCUT2D eigenvalue weighted by Gasteiger charge is -2.06. The molecule has 3 rings (SSSR count). The highest BCUT2D eigenvalue weighted by atomic mass is 32.2. The quantitative estimate of drug-likeness (QED) is 0.324. The summed E-state index contributed by atoms with van der Waals surface area (Å²) in [5.41, 5.74) is 1.55. The molecule has 29 heavy (non-hydrogen) atoms. The molecule has 1 aromatic carbocycles. The van der Waals surface area contributed by atoms with Crippen molar-refractivity contribution in [3.63, 3.8) is 0 Å². The third kappa shape index (κ3) is 6.30. The van der Waals surface area contributed by atoms with Gasteiger partial charge in [-0.2, -0.15) is 0 Å². The molecular formula is C20H19N3O4S2. The molecule has 9 heteroatoms. The Balaban J connectivity index is 1.57. The SMILES string of the molecule is COC(=O)c1ccc(CSc2nc(CC(=O)NCc3cccs3)cc(=O)[nH]2)cc1. The Hall–Kier alpha value is -2.91. The van der Waals surface area contributed by atoms with Crippen molar-refractivity contribution in [2.75, 3.05) is 7.11 Å². The van der Waals surface area contributed by atoms with Crippen molar-refractivity contribution in [3.8, 4) is 0 Å². The van der Waals surface area contributed by atoms with E-state index in [0.717, 1.165) is 10.4 Å². The summed E-state index contributed by atoms with van der Waals surface area (Å²) < 4.78 is 4.68. The summed E-state index contributed by atoms with van der Waals surface area (Å²) in [4.78, 5) is 43.6. The number of H-pyrrole nitrogens is 1. The molecule has 0 unspecified atom stereocenters. The largest absolute Gasteiger partial charge is 0.465 e. The number of esters is 1. The van der Waals surface area contributed by atoms with E-state index in [-0.39, 0.29) is 23.9 Å². The topological polar surface area (TPSA) is 101 Å². The van der Waals surface area contributed by atoms with Crippen LogP contribution in [0.1, 0.15) is 26.5 Å². The number of hydrogen-bond donors (Lipinski definition) is 2. The van der Waals surface area contributed by atoms with Crippen LogP contribution in [-0.4, -0.2) is 29.0 Å². The van der Waals surface area contributed by atoms with Gasteiger partial charge in [-0.3, -0.25) is 9.59 Å². The van der Waals surface area contributed by atoms with Crippen LogP contribution in [0.25, 0.3) is 0 Å². The molecule has 0 aliphatic carbocycles. The van der Waals surface area contributed by atoms with Crippen molar-refractivity contribution < 1.29 is 14.3 Å². The predicted octanol–water partition coefficient (Wildman–Crippen LogP) is 2.77. The van der Waals surface area contributed by atoms with E-state index in [9.17, 15) is 14.4 Å². The smallest absolute Gasteiger partial charge is 0.337 e. The Morgan fingerprint density at radius 3 is 2.72 bits per heavy atom. The fourth-order valence-electron chi connectivity index (χ4n) is 2.47. The van der Waals surface area contributed by atoms with Gasteiger partial charge in [0.15, 0.2) is 5.16 Å². The average molecular weight is 430 g/mol. The summed E-state index contributed by atoms with van der Waals surface area (Å²) in [6.45, 7) is 0.461. The number of ether oxygens (including phenoxy) is 1. The minimum absolute atomic E-state index is 0.0384. The number of carbonyl (C=O) groups excluding carboxylic acids is 2. The van der Waals surface area contributed by atoms with Gasteiger partial charge in [-0.15, -0.1) is 11.3 Å². The van der Waals surface area contributed by atoms with Gasteiger partial charge in [-0.05, 0) is 29.1 Å². The molecule has 0 spiro atoms. The second-order valence-corrected chi connectivity index (χ2v) is 8.05. The maximum absolute atomic E-state index is 12.1. The first-order valence-corrected chi connectivity index (χ1v) is 10.6. The molecule has 2 N–H and O–H groups in total. The van der Waals surface area contributed by atoms with Gasteiger partial charge in [0.05, 0.1) is 31.3 Å². The molecule has 7 nitrogen and oxygen atoms in total. The van der Waals surface area contributed by atoms with Crippen LogP contribution in [0.15, 0.2) is 57.8 Å². The van der Waals surface area contributed by atoms with Gasteiger partial charge in [0.25, 0.3) is 5.56 Å². The first kappa shape index (κ1) is 20.8. The van der Waals surface area contributed by atoms with Crippen molar-refractivity contribution in [3.05, 3.63) is 79.9 Å². The van der Waals surface area contributed by atoms with Crippen LogP contribution in [-0.2, 0) is 28.2 Å². The van der Waals surface area contributed by atoms with Crippen molar-refractivity contribution in [1.29, 1.82) is 0 Å². The van der Waals surface area contributed by atoms with Crippen LogP contribution in [0.3, 0.4) is 0 Å². The van der Waals surface area contributed by atoms with Crippen LogP contribution in [0.5, 0.6) is 0 Å². The van der Waals surface area contributed by atoms with E-state index in [0.29, 0.717) is 28.7 Å². The van der Waals surface area contributed by atoms with Gasteiger partial charge in [0.1, 0.15) is 0 Å². The van der Waals surface area contributed by atoms with Crippen LogP contribution >= 0.6 is 23.1 Å². The van der Waals surface area contributed by atoms with Gasteiger partial charge in [-0.1, -0.05) is 30.0 Å². The molecule has 2 heterocycles. The Morgan fingerprint density at radius 2 is 2.03 bits per heavy atom. The third-order valence-electron chi connectivity index (χ3n) is 3.91. The van der Waals surface area contributed by atoms with E-state index in [1.54, 1.807) is 23.5 Å². The number of benzene rings is 1. The highest BCUT2D eigenvalue weighted by molar-refractivity contribution is 7.98. The summed E-state index contributed by atoms with van der Waals surface area (Å²) in [7, 11) is 1.34. The van der Waals surface area contributed by atoms with E-state index >= 15 is 0 Å². The number of amides is 1. The Labute approximate surface area is 175 Å². The molecule has 0 saturated carbocycles. The number of hydrogen-bond acceptors (Lipinski definition) is 7. The van der Waals surface area contributed by atoms with Crippen molar-refractivity contribution in [2.45, 2.75) is 23.9 Å². The molecule has 150 valence electrons. The highest BCUT2D eigenvalue weighted by Crippen LogP contribution is 2.19. The van der Waals surface area contributed by atoms with Gasteiger partial charge >= 0.3 is 5.97 Å². The van der Waals surface area contributed by atoms with Gasteiger partial charge in [0.2, 0.25) is 5.91 Å². The van der Waals surface area contributed by atoms with Crippen molar-refractivity contribution >= 4 is 35.0 Å². The van der Waals surface area contributed by atoms with E-state index < -0.39 is 0 Å². The number of aromatic amines is 1. The molecule has 2 aromatic heterocycles. The van der Waals surface area contributed by atoms with Gasteiger partial charge in [-0.25, -0.2) is 9.78 Å². The zero-order valence-corrected chi connectivity index (χ0v) is 17.3. The maximum atomic E-state index is 12.1. The lowest BCUT2D eigenvalue weighted by molar-refractivity contribution is -0.120. The number of carbonyl (C=O) groups is 2. The van der Waals surface area contributed by atoms with E-state index in [1.807, 2.05) is 29.6 Å². The fraction of sp³-hybridized carbons (Fsp3) is 0.200. The minimum Gasteiger partial charge on any atom is -0.465 e. The molecule has 0 fully saturated rings. The monoisotopic (exact) mass is 429 g/mol. The van der Waals surface area contributed by atoms with Crippen LogP contribution in [0.2, 0.25) is 0 Å². The zero-order chi connectivity index (χ0) is 20.6. The van der Waals surface area contributed by atoms with Crippen molar-refractivity contribution in [2.24, 2.45) is 0 Å². The molecular weight excluding hydrogens is 410 g/mol. The molecule has 3 aromatic rings. The predicted molar refractivity (Wildman–Crippen MR) is 112 cm³/mol.